The predicted molar refractivity (Wildman–Crippen MR) is 213 cm³/mol. The molecule has 1 atom stereocenters. The van der Waals surface area contributed by atoms with Crippen LogP contribution in [0.15, 0.2) is 36.4 Å². The number of piperidine rings is 2. The van der Waals surface area contributed by atoms with Gasteiger partial charge in [0.1, 0.15) is 17.4 Å². The first-order valence-corrected chi connectivity index (χ1v) is 20.3. The second kappa shape index (κ2) is 16.7. The Morgan fingerprint density at radius 1 is 1.00 bits per heavy atom. The summed E-state index contributed by atoms with van der Waals surface area (Å²) >= 11 is 0. The highest BCUT2D eigenvalue weighted by Crippen LogP contribution is 2.47. The van der Waals surface area contributed by atoms with Gasteiger partial charge in [-0.2, -0.15) is 13.2 Å². The van der Waals surface area contributed by atoms with Gasteiger partial charge in [-0.1, -0.05) is 6.08 Å². The highest BCUT2D eigenvalue weighted by Gasteiger charge is 2.40. The second-order valence-corrected chi connectivity index (χ2v) is 16.7. The molecule has 1 spiro atoms. The van der Waals surface area contributed by atoms with Gasteiger partial charge in [0.25, 0.3) is 5.69 Å². The molecule has 4 aliphatic rings. The number of halogens is 3. The van der Waals surface area contributed by atoms with E-state index < -0.39 is 34.5 Å². The fraction of sp³-hybridized carbons (Fsp3) is 0.571. The van der Waals surface area contributed by atoms with Crippen LogP contribution in [-0.2, 0) is 11.0 Å². The van der Waals surface area contributed by atoms with Crippen molar-refractivity contribution in [3.05, 3.63) is 69.0 Å². The Morgan fingerprint density at radius 2 is 1.71 bits per heavy atom. The minimum Gasteiger partial charge on any atom is -0.496 e. The number of carbonyl (C=O) groups is 2. The van der Waals surface area contributed by atoms with Crippen LogP contribution in [0.4, 0.5) is 29.5 Å². The van der Waals surface area contributed by atoms with Crippen molar-refractivity contribution >= 4 is 40.0 Å². The number of carbonyl (C=O) groups excluding carboxylic acids is 1. The molecule has 0 bridgehead atoms. The lowest BCUT2D eigenvalue weighted by molar-refractivity contribution is -0.385. The molecule has 2 saturated heterocycles. The Kier molecular flexibility index (Phi) is 11.9. The molecule has 3 fully saturated rings. The molecule has 2 aromatic carbocycles. The number of nitro benzene ring substituents is 1. The zero-order chi connectivity index (χ0) is 41.4. The number of alkyl halides is 3. The molecule has 312 valence electrons. The number of anilines is 1. The number of nitrogens with zero attached hydrogens (tertiary/aromatic N) is 6. The molecule has 1 saturated carbocycles. The van der Waals surface area contributed by atoms with Crippen molar-refractivity contribution in [2.75, 3.05) is 58.2 Å². The number of benzene rings is 2. The van der Waals surface area contributed by atoms with E-state index in [1.165, 1.54) is 25.7 Å². The number of hydrogen-bond acceptors (Lipinski definition) is 9. The average molecular weight is 808 g/mol. The van der Waals surface area contributed by atoms with E-state index in [1.807, 2.05) is 17.0 Å². The molecule has 4 heterocycles. The lowest BCUT2D eigenvalue weighted by Gasteiger charge is -2.46. The van der Waals surface area contributed by atoms with Crippen LogP contribution in [0.1, 0.15) is 93.3 Å². The number of hydrogen-bond donors (Lipinski definition) is 2. The van der Waals surface area contributed by atoms with Gasteiger partial charge in [0.2, 0.25) is 5.91 Å². The van der Waals surface area contributed by atoms with Crippen molar-refractivity contribution in [1.29, 1.82) is 0 Å². The summed E-state index contributed by atoms with van der Waals surface area (Å²) in [5.74, 6) is 2.20. The number of aromatic nitrogens is 2. The van der Waals surface area contributed by atoms with Gasteiger partial charge in [-0.25, -0.2) is 14.8 Å². The number of nitro groups is 1. The first kappa shape index (κ1) is 41.2. The fourth-order valence-electron chi connectivity index (χ4n) is 9.49. The highest BCUT2D eigenvalue weighted by molar-refractivity contribution is 5.94. The molecule has 0 radical (unpaired) electrons. The van der Waals surface area contributed by atoms with E-state index in [0.717, 1.165) is 68.6 Å². The third-order valence-electron chi connectivity index (χ3n) is 13.0. The monoisotopic (exact) mass is 807 g/mol. The van der Waals surface area contributed by atoms with Crippen LogP contribution in [0, 0.1) is 34.3 Å². The number of carboxylic acid groups (broad SMARTS) is 1. The van der Waals surface area contributed by atoms with Crippen molar-refractivity contribution in [2.24, 2.45) is 17.3 Å². The predicted octanol–water partition coefficient (Wildman–Crippen LogP) is 8.33. The van der Waals surface area contributed by atoms with Gasteiger partial charge >= 0.3 is 12.3 Å². The van der Waals surface area contributed by atoms with Crippen molar-refractivity contribution < 1.29 is 37.5 Å². The summed E-state index contributed by atoms with van der Waals surface area (Å²) in [6.07, 6.45) is 5.44. The molecule has 2 N–H and O–H groups in total. The first-order valence-electron chi connectivity index (χ1n) is 20.3. The van der Waals surface area contributed by atoms with E-state index in [2.05, 4.69) is 20.2 Å². The van der Waals surface area contributed by atoms with Gasteiger partial charge in [0.05, 0.1) is 29.2 Å². The zero-order valence-electron chi connectivity index (χ0n) is 33.3. The minimum absolute atomic E-state index is 0.00952. The number of rotatable bonds is 9. The molecule has 2 amide bonds. The quantitative estimate of drug-likeness (QED) is 0.159. The van der Waals surface area contributed by atoms with Gasteiger partial charge in [-0.3, -0.25) is 14.9 Å². The molecular weight excluding hydrogens is 755 g/mol. The summed E-state index contributed by atoms with van der Waals surface area (Å²) in [7, 11) is 1.57. The van der Waals surface area contributed by atoms with Crippen molar-refractivity contribution in [3.63, 3.8) is 0 Å². The zero-order valence-corrected chi connectivity index (χ0v) is 33.3. The molecule has 1 aliphatic carbocycles. The minimum atomic E-state index is -4.76. The Morgan fingerprint density at radius 3 is 2.31 bits per heavy atom. The Labute approximate surface area is 335 Å². The molecule has 3 aliphatic heterocycles. The molecule has 3 aromatic rings. The second-order valence-electron chi connectivity index (χ2n) is 16.7. The molecule has 1 unspecified atom stereocenters. The maximum Gasteiger partial charge on any atom is 0.416 e. The molecule has 58 heavy (non-hydrogen) atoms. The molecule has 7 rings (SSSR count). The average Bonchev–Trinajstić information content (AvgIpc) is 3.21. The van der Waals surface area contributed by atoms with E-state index >= 15 is 0 Å². The first-order chi connectivity index (χ1) is 27.6. The van der Waals surface area contributed by atoms with E-state index in [4.69, 9.17) is 4.74 Å². The van der Waals surface area contributed by atoms with Crippen LogP contribution in [0.3, 0.4) is 0 Å². The summed E-state index contributed by atoms with van der Waals surface area (Å²) in [6, 6.07) is 5.48. The van der Waals surface area contributed by atoms with Crippen LogP contribution >= 0.6 is 0 Å². The highest BCUT2D eigenvalue weighted by atomic mass is 19.4. The lowest BCUT2D eigenvalue weighted by atomic mass is 9.65. The number of nitrogens with one attached hydrogen (secondary N) is 1. The standard InChI is InChI=1S/C42H52F3N7O6/c1-26(31-20-32(42(43,44)45)22-33(21-31)52(56)57)46-38-35-23-34(37(58-3)24-36(35)47-27(2)48-38)29-8-16-50(17-9-29)39(53)30-6-14-49(15-7-30)25-28-4-10-41(11-5-28)12-18-51(19-13-41)40(54)55/h8,20-24,26,28,30H,4-7,9-19,25H2,1-3H3,(H,54,55)(H,46,47,48). The number of methoxy groups -OCH3 is 1. The Balaban J connectivity index is 0.975. The Hall–Kier alpha value is -4.99. The van der Waals surface area contributed by atoms with Crippen LogP contribution in [0.5, 0.6) is 5.75 Å². The number of likely N-dealkylation sites (tertiary alicyclic amines) is 2. The largest absolute Gasteiger partial charge is 0.496 e. The summed E-state index contributed by atoms with van der Waals surface area (Å²) < 4.78 is 46.8. The number of aryl methyl sites for hydroxylation is 1. The summed E-state index contributed by atoms with van der Waals surface area (Å²) in [5, 5.41) is 24.6. The van der Waals surface area contributed by atoms with Crippen LogP contribution in [-0.4, -0.2) is 99.6 Å². The topological polar surface area (TPSA) is 154 Å². The fourth-order valence-corrected chi connectivity index (χ4v) is 9.49. The smallest absolute Gasteiger partial charge is 0.416 e. The van der Waals surface area contributed by atoms with Gasteiger partial charge in [0.15, 0.2) is 0 Å². The van der Waals surface area contributed by atoms with Crippen LogP contribution in [0.2, 0.25) is 0 Å². The maximum absolute atomic E-state index is 13.7. The molecule has 1 aromatic heterocycles. The van der Waals surface area contributed by atoms with Gasteiger partial charge in [-0.05, 0) is 119 Å². The van der Waals surface area contributed by atoms with Crippen molar-refractivity contribution in [2.45, 2.75) is 83.9 Å². The number of fused-ring (bicyclic) bond motifs is 1. The van der Waals surface area contributed by atoms with Crippen molar-refractivity contribution in [3.8, 4) is 5.75 Å². The van der Waals surface area contributed by atoms with Crippen LogP contribution < -0.4 is 10.1 Å². The third kappa shape index (κ3) is 9.01. The normalized spacial score (nSPS) is 20.2. The van der Waals surface area contributed by atoms with Crippen LogP contribution in [0.25, 0.3) is 16.5 Å². The van der Waals surface area contributed by atoms with Crippen molar-refractivity contribution in [1.82, 2.24) is 24.7 Å². The SMILES string of the molecule is COc1cc2nc(C)nc(NC(C)c3cc([N+](=O)[O-])cc(C(F)(F)F)c3)c2cc1C1=CCN(C(=O)C2CCN(CC3CCC4(CC3)CCN(C(=O)O)CC4)CC2)CC1. The number of amides is 2. The number of ether oxygens (including phenoxy) is 1. The van der Waals surface area contributed by atoms with Gasteiger partial charge < -0.3 is 29.9 Å². The Bertz CT molecular complexity index is 2070. The molecule has 13 nitrogen and oxygen atoms in total. The molecule has 16 heteroatoms. The lowest BCUT2D eigenvalue weighted by Crippen LogP contribution is -2.46. The van der Waals surface area contributed by atoms with E-state index in [-0.39, 0.29) is 17.4 Å². The summed E-state index contributed by atoms with van der Waals surface area (Å²) in [5.41, 5.74) is 0.983. The number of non-ortho nitro benzene ring substituents is 1. The third-order valence-corrected chi connectivity index (χ3v) is 13.0. The van der Waals surface area contributed by atoms with E-state index in [1.54, 1.807) is 31.9 Å². The van der Waals surface area contributed by atoms with Gasteiger partial charge in [-0.15, -0.1) is 0 Å². The molecular formula is C42H52F3N7O6. The van der Waals surface area contributed by atoms with Gasteiger partial charge in [0, 0.05) is 67.8 Å². The van der Waals surface area contributed by atoms with E-state index in [9.17, 15) is 38.0 Å². The maximum atomic E-state index is 13.7. The van der Waals surface area contributed by atoms with E-state index in [0.29, 0.717) is 78.3 Å². The summed E-state index contributed by atoms with van der Waals surface area (Å²) in [4.78, 5) is 50.9. The summed E-state index contributed by atoms with van der Waals surface area (Å²) in [6.45, 7) is 8.53.